The molecule has 8 heteroatoms. The SMILES string of the molecule is CN(C)c1ccc(NC(=O)c2sc3nc4c(c(-c5ccco5)c3c2N)CCCC4)cc1.Cl. The van der Waals surface area contributed by atoms with Crippen molar-refractivity contribution in [2.24, 2.45) is 0 Å². The lowest BCUT2D eigenvalue weighted by Crippen LogP contribution is -2.13. The lowest BCUT2D eigenvalue weighted by atomic mass is 9.89. The number of hydrogen-bond donors (Lipinski definition) is 2. The van der Waals surface area contributed by atoms with Crippen molar-refractivity contribution < 1.29 is 9.21 Å². The second kappa shape index (κ2) is 8.84. The predicted octanol–water partition coefficient (Wildman–Crippen LogP) is 5.76. The van der Waals surface area contributed by atoms with Gasteiger partial charge in [0, 0.05) is 42.1 Å². The van der Waals surface area contributed by atoms with Crippen LogP contribution in [0, 0.1) is 0 Å². The van der Waals surface area contributed by atoms with Gasteiger partial charge in [-0.15, -0.1) is 23.7 Å². The van der Waals surface area contributed by atoms with E-state index in [1.807, 2.05) is 55.4 Å². The highest BCUT2D eigenvalue weighted by atomic mass is 35.5. The number of carbonyl (C=O) groups is 1. The summed E-state index contributed by atoms with van der Waals surface area (Å²) in [7, 11) is 3.96. The topological polar surface area (TPSA) is 84.4 Å². The number of aromatic nitrogens is 1. The van der Waals surface area contributed by atoms with Crippen LogP contribution in [0.4, 0.5) is 17.1 Å². The molecule has 0 aliphatic heterocycles. The largest absolute Gasteiger partial charge is 0.464 e. The lowest BCUT2D eigenvalue weighted by Gasteiger charge is -2.18. The van der Waals surface area contributed by atoms with E-state index in [1.165, 1.54) is 16.9 Å². The fourth-order valence-electron chi connectivity index (χ4n) is 4.20. The van der Waals surface area contributed by atoms with Gasteiger partial charge >= 0.3 is 0 Å². The molecule has 1 amide bonds. The van der Waals surface area contributed by atoms with Crippen LogP contribution in [-0.4, -0.2) is 25.0 Å². The third kappa shape index (κ3) is 3.82. The molecular formula is C24H25ClN4O2S. The van der Waals surface area contributed by atoms with Gasteiger partial charge in [-0.05, 0) is 67.6 Å². The van der Waals surface area contributed by atoms with Gasteiger partial charge in [0.25, 0.3) is 5.91 Å². The number of nitrogen functional groups attached to an aromatic ring is 1. The molecule has 0 unspecified atom stereocenters. The summed E-state index contributed by atoms with van der Waals surface area (Å²) in [6.45, 7) is 0. The van der Waals surface area contributed by atoms with Gasteiger partial charge in [0.15, 0.2) is 0 Å². The van der Waals surface area contributed by atoms with Crippen LogP contribution in [0.25, 0.3) is 21.5 Å². The third-order valence-corrected chi connectivity index (χ3v) is 6.87. The number of hydrogen-bond acceptors (Lipinski definition) is 6. The van der Waals surface area contributed by atoms with Crippen LogP contribution in [0.2, 0.25) is 0 Å². The Morgan fingerprint density at radius 3 is 2.59 bits per heavy atom. The summed E-state index contributed by atoms with van der Waals surface area (Å²) in [6.07, 6.45) is 5.80. The number of thiophene rings is 1. The first-order chi connectivity index (χ1) is 15.0. The third-order valence-electron chi connectivity index (χ3n) is 5.77. The second-order valence-corrected chi connectivity index (χ2v) is 9.02. The summed E-state index contributed by atoms with van der Waals surface area (Å²) in [6, 6.07) is 11.5. The molecule has 1 aliphatic rings. The number of anilines is 3. The van der Waals surface area contributed by atoms with Gasteiger partial charge < -0.3 is 20.4 Å². The molecular weight excluding hydrogens is 444 g/mol. The molecule has 6 nitrogen and oxygen atoms in total. The lowest BCUT2D eigenvalue weighted by molar-refractivity contribution is 0.103. The minimum atomic E-state index is -0.221. The number of fused-ring (bicyclic) bond motifs is 2. The number of pyridine rings is 1. The number of halogens is 1. The molecule has 4 aromatic rings. The van der Waals surface area contributed by atoms with Crippen LogP contribution in [0.3, 0.4) is 0 Å². The van der Waals surface area contributed by atoms with E-state index >= 15 is 0 Å². The Kier molecular flexibility index (Phi) is 6.13. The molecule has 0 bridgehead atoms. The highest BCUT2D eigenvalue weighted by Gasteiger charge is 2.26. The van der Waals surface area contributed by atoms with Crippen LogP contribution < -0.4 is 16.0 Å². The molecule has 1 aromatic carbocycles. The number of carbonyl (C=O) groups excluding carboxylic acids is 1. The van der Waals surface area contributed by atoms with Crippen molar-refractivity contribution in [1.82, 2.24) is 4.98 Å². The van der Waals surface area contributed by atoms with Crippen LogP contribution in [0.15, 0.2) is 47.1 Å². The van der Waals surface area contributed by atoms with Gasteiger partial charge in [0.05, 0.1) is 12.0 Å². The van der Waals surface area contributed by atoms with Crippen molar-refractivity contribution in [1.29, 1.82) is 0 Å². The number of furan rings is 1. The van der Waals surface area contributed by atoms with Crippen molar-refractivity contribution in [2.45, 2.75) is 25.7 Å². The highest BCUT2D eigenvalue weighted by Crippen LogP contribution is 2.44. The molecule has 1 aliphatic carbocycles. The van der Waals surface area contributed by atoms with Gasteiger partial charge in [0.2, 0.25) is 0 Å². The molecule has 0 saturated heterocycles. The minimum Gasteiger partial charge on any atom is -0.464 e. The van der Waals surface area contributed by atoms with Gasteiger partial charge in [-0.1, -0.05) is 0 Å². The van der Waals surface area contributed by atoms with Crippen LogP contribution in [0.1, 0.15) is 33.8 Å². The van der Waals surface area contributed by atoms with Crippen LogP contribution in [0.5, 0.6) is 0 Å². The molecule has 0 saturated carbocycles. The number of nitrogens with one attached hydrogen (secondary N) is 1. The molecule has 5 rings (SSSR count). The van der Waals surface area contributed by atoms with E-state index in [9.17, 15) is 4.79 Å². The minimum absolute atomic E-state index is 0. The predicted molar refractivity (Wildman–Crippen MR) is 134 cm³/mol. The fraction of sp³-hybridized carbons (Fsp3) is 0.250. The normalized spacial score (nSPS) is 12.8. The van der Waals surface area contributed by atoms with Crippen molar-refractivity contribution in [3.05, 3.63) is 58.8 Å². The molecule has 0 spiro atoms. The van der Waals surface area contributed by atoms with Crippen molar-refractivity contribution in [3.8, 4) is 11.3 Å². The maximum atomic E-state index is 13.1. The standard InChI is InChI=1S/C24H24N4O2S.ClH/c1-28(2)15-11-9-14(10-12-15)26-23(29)22-21(25)20-19(18-8-5-13-30-18)16-6-3-4-7-17(16)27-24(20)31-22;/h5,8-13H,3-4,6-7,25H2,1-2H3,(H,26,29);1H. The second-order valence-electron chi connectivity index (χ2n) is 8.02. The van der Waals surface area contributed by atoms with E-state index in [0.717, 1.165) is 64.3 Å². The Hall–Kier alpha value is -3.03. The Morgan fingerprint density at radius 1 is 1.16 bits per heavy atom. The molecule has 0 atom stereocenters. The average molecular weight is 469 g/mol. The maximum Gasteiger partial charge on any atom is 0.267 e. The number of rotatable bonds is 4. The Labute approximate surface area is 196 Å². The van der Waals surface area contributed by atoms with Gasteiger partial charge in [0.1, 0.15) is 15.5 Å². The number of amides is 1. The first kappa shape index (κ1) is 22.2. The highest BCUT2D eigenvalue weighted by molar-refractivity contribution is 7.21. The molecule has 0 fully saturated rings. The quantitative estimate of drug-likeness (QED) is 0.398. The average Bonchev–Trinajstić information content (AvgIpc) is 3.41. The first-order valence-corrected chi connectivity index (χ1v) is 11.2. The maximum absolute atomic E-state index is 13.1. The van der Waals surface area contributed by atoms with Crippen molar-refractivity contribution >= 4 is 56.9 Å². The summed E-state index contributed by atoms with van der Waals surface area (Å²) >= 11 is 1.35. The number of aryl methyl sites for hydroxylation is 1. The molecule has 3 heterocycles. The van der Waals surface area contributed by atoms with E-state index in [4.69, 9.17) is 15.1 Å². The van der Waals surface area contributed by atoms with Gasteiger partial charge in [-0.3, -0.25) is 4.79 Å². The van der Waals surface area contributed by atoms with Gasteiger partial charge in [-0.25, -0.2) is 4.98 Å². The summed E-state index contributed by atoms with van der Waals surface area (Å²) in [5.41, 5.74) is 12.1. The van der Waals surface area contributed by atoms with E-state index in [2.05, 4.69) is 5.32 Å². The monoisotopic (exact) mass is 468 g/mol. The molecule has 3 aromatic heterocycles. The smallest absolute Gasteiger partial charge is 0.267 e. The molecule has 32 heavy (non-hydrogen) atoms. The molecule has 0 radical (unpaired) electrons. The summed E-state index contributed by atoms with van der Waals surface area (Å²) in [4.78, 5) is 21.3. The number of benzene rings is 1. The van der Waals surface area contributed by atoms with Crippen LogP contribution in [-0.2, 0) is 12.8 Å². The summed E-state index contributed by atoms with van der Waals surface area (Å²) < 4.78 is 5.76. The zero-order chi connectivity index (χ0) is 21.5. The Morgan fingerprint density at radius 2 is 1.91 bits per heavy atom. The Bertz CT molecular complexity index is 1260. The zero-order valence-corrected chi connectivity index (χ0v) is 19.6. The number of nitrogens with zero attached hydrogens (tertiary/aromatic N) is 2. The van der Waals surface area contributed by atoms with Crippen molar-refractivity contribution in [3.63, 3.8) is 0 Å². The fourth-order valence-corrected chi connectivity index (χ4v) is 5.22. The first-order valence-electron chi connectivity index (χ1n) is 10.4. The van der Waals surface area contributed by atoms with E-state index in [1.54, 1.807) is 6.26 Å². The van der Waals surface area contributed by atoms with Crippen molar-refractivity contribution in [2.75, 3.05) is 30.0 Å². The molecule has 3 N–H and O–H groups in total. The van der Waals surface area contributed by atoms with E-state index in [0.29, 0.717) is 10.6 Å². The summed E-state index contributed by atoms with van der Waals surface area (Å²) in [5, 5.41) is 3.80. The number of nitrogens with two attached hydrogens (primary N) is 1. The zero-order valence-electron chi connectivity index (χ0n) is 18.0. The van der Waals surface area contributed by atoms with Gasteiger partial charge in [-0.2, -0.15) is 0 Å². The Balaban J connectivity index is 0.00000245. The van der Waals surface area contributed by atoms with E-state index < -0.39 is 0 Å². The van der Waals surface area contributed by atoms with E-state index in [-0.39, 0.29) is 18.3 Å². The summed E-state index contributed by atoms with van der Waals surface area (Å²) in [5.74, 6) is 0.558. The van der Waals surface area contributed by atoms with Crippen LogP contribution >= 0.6 is 23.7 Å². The molecule has 166 valence electrons.